The second-order valence-corrected chi connectivity index (χ2v) is 14.0. The van der Waals surface area contributed by atoms with Crippen LogP contribution in [0.25, 0.3) is 21.8 Å². The molecular weight excluding hydrogens is 536 g/mol. The van der Waals surface area contributed by atoms with E-state index in [1.807, 2.05) is 0 Å². The quantitative estimate of drug-likeness (QED) is 0.328. The standard InChI is InChI=1S/C28H38N4O7S/c1-27(2,3)39-26(36)31(6)28(4,5)16-32(18-10-11-18)40(37,38)19-12-13-21-20(14-19)23-17(8-7-9-22(33)34)15-29-24(23)25(35)30-21/h12-15,18,29H,7-11,16H2,1-6H3,(H,30,35)(H,33,34). The fraction of sp³-hybridized carbons (Fsp3) is 0.536. The number of carboxylic acids is 1. The van der Waals surface area contributed by atoms with Crippen molar-refractivity contribution in [3.63, 3.8) is 0 Å². The van der Waals surface area contributed by atoms with Crippen LogP contribution in [0.15, 0.2) is 34.1 Å². The molecule has 2 aromatic heterocycles. The topological polar surface area (TPSA) is 153 Å². The van der Waals surface area contributed by atoms with E-state index in [0.717, 1.165) is 18.4 Å². The number of likely N-dealkylation sites (N-methyl/N-ethyl adjacent to an activating group) is 1. The summed E-state index contributed by atoms with van der Waals surface area (Å²) in [4.78, 5) is 43.8. The number of rotatable bonds is 10. The van der Waals surface area contributed by atoms with Crippen molar-refractivity contribution in [3.8, 4) is 0 Å². The molecule has 1 aromatic carbocycles. The zero-order chi connectivity index (χ0) is 29.6. The lowest BCUT2D eigenvalue weighted by molar-refractivity contribution is -0.137. The Morgan fingerprint density at radius 3 is 2.42 bits per heavy atom. The summed E-state index contributed by atoms with van der Waals surface area (Å²) in [5, 5.41) is 10.2. The number of nitrogens with one attached hydrogen (secondary N) is 2. The van der Waals surface area contributed by atoms with E-state index in [1.165, 1.54) is 15.3 Å². The van der Waals surface area contributed by atoms with Crippen molar-refractivity contribution >= 4 is 43.9 Å². The van der Waals surface area contributed by atoms with Gasteiger partial charge in [0.15, 0.2) is 0 Å². The number of carboxylic acid groups (broad SMARTS) is 1. The Kier molecular flexibility index (Phi) is 7.81. The van der Waals surface area contributed by atoms with Gasteiger partial charge >= 0.3 is 12.1 Å². The number of sulfonamides is 1. The molecule has 1 aliphatic carbocycles. The molecule has 1 amide bonds. The number of hydrogen-bond donors (Lipinski definition) is 3. The van der Waals surface area contributed by atoms with Gasteiger partial charge in [0.05, 0.1) is 10.4 Å². The number of amides is 1. The molecule has 0 radical (unpaired) electrons. The number of carbonyl (C=O) groups is 2. The fourth-order valence-electron chi connectivity index (χ4n) is 4.74. The fourth-order valence-corrected chi connectivity index (χ4v) is 6.60. The molecule has 40 heavy (non-hydrogen) atoms. The number of H-pyrrole nitrogens is 2. The molecule has 1 aliphatic rings. The van der Waals surface area contributed by atoms with E-state index in [0.29, 0.717) is 34.6 Å². The van der Waals surface area contributed by atoms with Crippen molar-refractivity contribution in [1.82, 2.24) is 19.2 Å². The molecular formula is C28H38N4O7S. The van der Waals surface area contributed by atoms with Gasteiger partial charge in [-0.05, 0) is 84.1 Å². The second kappa shape index (κ2) is 10.5. The first-order valence-electron chi connectivity index (χ1n) is 13.4. The van der Waals surface area contributed by atoms with Crippen molar-refractivity contribution < 1.29 is 27.9 Å². The molecule has 3 aromatic rings. The number of hydrogen-bond acceptors (Lipinski definition) is 6. The van der Waals surface area contributed by atoms with E-state index in [4.69, 9.17) is 9.84 Å². The molecule has 0 aliphatic heterocycles. The van der Waals surface area contributed by atoms with Gasteiger partial charge in [-0.1, -0.05) is 0 Å². The van der Waals surface area contributed by atoms with E-state index in [1.54, 1.807) is 60.0 Å². The number of nitrogens with zero attached hydrogens (tertiary/aromatic N) is 2. The van der Waals surface area contributed by atoms with Crippen LogP contribution in [0.1, 0.15) is 65.9 Å². The normalized spacial score (nSPS) is 14.7. The van der Waals surface area contributed by atoms with Crippen molar-refractivity contribution in [3.05, 3.63) is 40.3 Å². The van der Waals surface area contributed by atoms with E-state index in [2.05, 4.69) is 9.97 Å². The minimum absolute atomic E-state index is 0.0166. The van der Waals surface area contributed by atoms with Gasteiger partial charge < -0.3 is 24.7 Å². The van der Waals surface area contributed by atoms with Gasteiger partial charge in [0, 0.05) is 48.5 Å². The third kappa shape index (κ3) is 6.17. The third-order valence-electron chi connectivity index (χ3n) is 7.21. The smallest absolute Gasteiger partial charge is 0.410 e. The first-order valence-corrected chi connectivity index (χ1v) is 14.8. The molecule has 0 saturated heterocycles. The first kappa shape index (κ1) is 29.6. The predicted molar refractivity (Wildman–Crippen MR) is 152 cm³/mol. The average molecular weight is 575 g/mol. The van der Waals surface area contributed by atoms with Crippen LogP contribution < -0.4 is 5.56 Å². The largest absolute Gasteiger partial charge is 0.481 e. The van der Waals surface area contributed by atoms with Gasteiger partial charge in [-0.15, -0.1) is 0 Å². The van der Waals surface area contributed by atoms with Crippen molar-refractivity contribution in [2.45, 2.75) is 88.8 Å². The molecule has 218 valence electrons. The number of fused-ring (bicyclic) bond motifs is 3. The van der Waals surface area contributed by atoms with Crippen molar-refractivity contribution in [2.24, 2.45) is 0 Å². The SMILES string of the molecule is CN(C(=O)OC(C)(C)C)C(C)(C)CN(C1CC1)S(=O)(=O)c1ccc2[nH]c(=O)c3[nH]cc(CCCC(=O)O)c3c2c1. The van der Waals surface area contributed by atoms with Gasteiger partial charge in [0.25, 0.3) is 5.56 Å². The summed E-state index contributed by atoms with van der Waals surface area (Å²) < 4.78 is 35.1. The van der Waals surface area contributed by atoms with Gasteiger partial charge in [0.1, 0.15) is 11.1 Å². The summed E-state index contributed by atoms with van der Waals surface area (Å²) in [6.07, 6.45) is 3.37. The van der Waals surface area contributed by atoms with Gasteiger partial charge in [-0.25, -0.2) is 13.2 Å². The number of aryl methyl sites for hydroxylation is 1. The summed E-state index contributed by atoms with van der Waals surface area (Å²) in [5.74, 6) is -0.906. The first-order chi connectivity index (χ1) is 18.5. The number of aromatic nitrogens is 2. The number of ether oxygens (including phenoxy) is 1. The van der Waals surface area contributed by atoms with Crippen LogP contribution in [0.3, 0.4) is 0 Å². The Labute approximate surface area is 233 Å². The molecule has 11 nitrogen and oxygen atoms in total. The molecule has 4 rings (SSSR count). The zero-order valence-corrected chi connectivity index (χ0v) is 24.6. The highest BCUT2D eigenvalue weighted by Gasteiger charge is 2.43. The summed E-state index contributed by atoms with van der Waals surface area (Å²) in [6, 6.07) is 4.45. The summed E-state index contributed by atoms with van der Waals surface area (Å²) in [5.41, 5.74) is -0.350. The van der Waals surface area contributed by atoms with E-state index in [-0.39, 0.29) is 29.5 Å². The molecule has 1 saturated carbocycles. The zero-order valence-electron chi connectivity index (χ0n) is 23.8. The maximum absolute atomic E-state index is 14.1. The number of carbonyl (C=O) groups excluding carboxylic acids is 1. The molecule has 0 unspecified atom stereocenters. The third-order valence-corrected chi connectivity index (χ3v) is 9.11. The van der Waals surface area contributed by atoms with E-state index in [9.17, 15) is 22.8 Å². The van der Waals surface area contributed by atoms with Crippen molar-refractivity contribution in [2.75, 3.05) is 13.6 Å². The number of pyridine rings is 1. The molecule has 0 bridgehead atoms. The van der Waals surface area contributed by atoms with Crippen LogP contribution in [-0.2, 0) is 26.0 Å². The maximum Gasteiger partial charge on any atom is 0.410 e. The number of aliphatic carboxylic acids is 1. The maximum atomic E-state index is 14.1. The lowest BCUT2D eigenvalue weighted by Crippen LogP contribution is -2.54. The highest BCUT2D eigenvalue weighted by molar-refractivity contribution is 7.89. The van der Waals surface area contributed by atoms with Gasteiger partial charge in [-0.3, -0.25) is 9.59 Å². The van der Waals surface area contributed by atoms with Crippen LogP contribution in [-0.4, -0.2) is 75.5 Å². The van der Waals surface area contributed by atoms with Crippen molar-refractivity contribution in [1.29, 1.82) is 0 Å². The minimum atomic E-state index is -3.99. The monoisotopic (exact) mass is 574 g/mol. The van der Waals surface area contributed by atoms with E-state index >= 15 is 0 Å². The van der Waals surface area contributed by atoms with Crippen LogP contribution in [0.4, 0.5) is 4.79 Å². The Morgan fingerprint density at radius 2 is 1.82 bits per heavy atom. The molecule has 3 N–H and O–H groups in total. The molecule has 0 atom stereocenters. The highest BCUT2D eigenvalue weighted by atomic mass is 32.2. The Balaban J connectivity index is 1.72. The average Bonchev–Trinajstić information content (AvgIpc) is 3.59. The van der Waals surface area contributed by atoms with Gasteiger partial charge in [-0.2, -0.15) is 4.31 Å². The number of benzene rings is 1. The molecule has 0 spiro atoms. The Hall–Kier alpha value is -3.38. The summed E-state index contributed by atoms with van der Waals surface area (Å²) in [6.45, 7) is 9.01. The highest BCUT2D eigenvalue weighted by Crippen LogP contribution is 2.36. The second-order valence-electron chi connectivity index (χ2n) is 12.1. The Morgan fingerprint density at radius 1 is 1.15 bits per heavy atom. The molecule has 12 heteroatoms. The van der Waals surface area contributed by atoms with Crippen LogP contribution >= 0.6 is 0 Å². The van der Waals surface area contributed by atoms with E-state index < -0.39 is 33.2 Å². The molecule has 1 fully saturated rings. The Bertz CT molecular complexity index is 1610. The van der Waals surface area contributed by atoms with Crippen LogP contribution in [0.2, 0.25) is 0 Å². The lowest BCUT2D eigenvalue weighted by Gasteiger charge is -2.39. The number of aromatic amines is 2. The van der Waals surface area contributed by atoms with Crippen LogP contribution in [0, 0.1) is 0 Å². The molecule has 2 heterocycles. The lowest BCUT2D eigenvalue weighted by atomic mass is 10.0. The summed E-state index contributed by atoms with van der Waals surface area (Å²) >= 11 is 0. The predicted octanol–water partition coefficient (Wildman–Crippen LogP) is 4.22. The van der Waals surface area contributed by atoms with Crippen LogP contribution in [0.5, 0.6) is 0 Å². The summed E-state index contributed by atoms with van der Waals surface area (Å²) in [7, 11) is -2.38. The minimum Gasteiger partial charge on any atom is -0.481 e. The van der Waals surface area contributed by atoms with Gasteiger partial charge in [0.2, 0.25) is 10.0 Å².